The fraction of sp³-hybridized carbons (Fsp3) is 0.0870. The van der Waals surface area contributed by atoms with Gasteiger partial charge >= 0.3 is 6.03 Å². The monoisotopic (exact) mass is 449 g/mol. The Bertz CT molecular complexity index is 1300. The van der Waals surface area contributed by atoms with Gasteiger partial charge in [-0.05, 0) is 48.5 Å². The first-order valence-electron chi connectivity index (χ1n) is 9.68. The smallest absolute Gasteiger partial charge is 0.322 e. The number of rotatable bonds is 5. The second-order valence-electron chi connectivity index (χ2n) is 7.14. The number of amides is 3. The summed E-state index contributed by atoms with van der Waals surface area (Å²) >= 11 is 0. The van der Waals surface area contributed by atoms with Crippen LogP contribution in [0.4, 0.5) is 16.2 Å². The van der Waals surface area contributed by atoms with E-state index < -0.39 is 28.4 Å². The minimum Gasteiger partial charge on any atom is -0.322 e. The number of hydrogen-bond acceptors (Lipinski definition) is 5. The second-order valence-corrected chi connectivity index (χ2v) is 8.97. The Morgan fingerprint density at radius 1 is 0.844 bits per heavy atom. The molecule has 0 spiro atoms. The molecule has 3 aromatic carbocycles. The number of urea groups is 1. The van der Waals surface area contributed by atoms with Crippen LogP contribution < -0.4 is 10.2 Å². The Kier molecular flexibility index (Phi) is 5.50. The minimum absolute atomic E-state index is 0.0335. The van der Waals surface area contributed by atoms with Crippen molar-refractivity contribution in [3.8, 4) is 0 Å². The van der Waals surface area contributed by atoms with Crippen LogP contribution in [0.1, 0.15) is 20.7 Å². The number of hydrogen-bond donors (Lipinski definition) is 1. The lowest BCUT2D eigenvalue weighted by molar-refractivity contribution is 0.0971. The van der Waals surface area contributed by atoms with E-state index in [0.717, 1.165) is 0 Å². The summed E-state index contributed by atoms with van der Waals surface area (Å²) in [6, 6.07) is 20.0. The zero-order valence-electron chi connectivity index (χ0n) is 17.1. The summed E-state index contributed by atoms with van der Waals surface area (Å²) in [4.78, 5) is 38.8. The quantitative estimate of drug-likeness (QED) is 0.602. The van der Waals surface area contributed by atoms with Crippen molar-refractivity contribution in [1.29, 1.82) is 0 Å². The highest BCUT2D eigenvalue weighted by atomic mass is 32.2. The largest absolute Gasteiger partial charge is 0.338 e. The average Bonchev–Trinajstić information content (AvgIpc) is 2.81. The van der Waals surface area contributed by atoms with E-state index in [4.69, 9.17) is 0 Å². The number of sulfonamides is 1. The molecule has 0 bridgehead atoms. The first kappa shape index (κ1) is 21.3. The number of Topliss-reactive ketones (excluding diaryl/α,β-unsaturated/α-hetero) is 1. The SMILES string of the molecule is CN1C(=O)N(CC(=O)c2ccc(NC(=O)c3ccccc3)cc2)S(=O)(=O)c2ccccc21. The molecule has 8 nitrogen and oxygen atoms in total. The maximum Gasteiger partial charge on any atom is 0.338 e. The average molecular weight is 449 g/mol. The van der Waals surface area contributed by atoms with Gasteiger partial charge in [-0.2, -0.15) is 0 Å². The van der Waals surface area contributed by atoms with E-state index in [0.29, 0.717) is 15.6 Å². The van der Waals surface area contributed by atoms with Crippen molar-refractivity contribution in [1.82, 2.24) is 4.31 Å². The van der Waals surface area contributed by atoms with Gasteiger partial charge in [0.15, 0.2) is 5.78 Å². The van der Waals surface area contributed by atoms with Crippen LogP contribution in [0.3, 0.4) is 0 Å². The predicted octanol–water partition coefficient (Wildman–Crippen LogP) is 3.38. The van der Waals surface area contributed by atoms with Gasteiger partial charge in [0.25, 0.3) is 15.9 Å². The minimum atomic E-state index is -4.16. The number of ketones is 1. The van der Waals surface area contributed by atoms with Crippen LogP contribution in [0, 0.1) is 0 Å². The third kappa shape index (κ3) is 3.85. The predicted molar refractivity (Wildman–Crippen MR) is 119 cm³/mol. The lowest BCUT2D eigenvalue weighted by Gasteiger charge is -2.33. The molecule has 3 amide bonds. The van der Waals surface area contributed by atoms with Crippen LogP contribution in [0.2, 0.25) is 0 Å². The lowest BCUT2D eigenvalue weighted by atomic mass is 10.1. The summed E-state index contributed by atoms with van der Waals surface area (Å²) in [5.74, 6) is -0.841. The standard InChI is InChI=1S/C23H19N3O5S/c1-25-19-9-5-6-10-21(19)32(30,31)26(23(25)29)15-20(27)16-11-13-18(14-12-16)24-22(28)17-7-3-2-4-8-17/h2-14H,15H2,1H3,(H,24,28). The molecule has 0 unspecified atom stereocenters. The summed E-state index contributed by atoms with van der Waals surface area (Å²) in [5.41, 5.74) is 1.45. The Morgan fingerprint density at radius 2 is 1.47 bits per heavy atom. The summed E-state index contributed by atoms with van der Waals surface area (Å²) in [6.07, 6.45) is 0. The maximum atomic E-state index is 12.9. The van der Waals surface area contributed by atoms with Crippen LogP contribution in [0.5, 0.6) is 0 Å². The molecule has 0 saturated carbocycles. The fourth-order valence-electron chi connectivity index (χ4n) is 3.35. The summed E-state index contributed by atoms with van der Waals surface area (Å²) < 4.78 is 26.4. The zero-order chi connectivity index (χ0) is 22.9. The van der Waals surface area contributed by atoms with Crippen molar-refractivity contribution in [2.45, 2.75) is 4.90 Å². The van der Waals surface area contributed by atoms with E-state index in [2.05, 4.69) is 5.32 Å². The van der Waals surface area contributed by atoms with Gasteiger partial charge in [0.2, 0.25) is 0 Å². The first-order chi connectivity index (χ1) is 15.3. The first-order valence-corrected chi connectivity index (χ1v) is 11.1. The normalized spacial score (nSPS) is 14.6. The van der Waals surface area contributed by atoms with E-state index in [-0.39, 0.29) is 22.1 Å². The van der Waals surface area contributed by atoms with Crippen LogP contribution in [-0.2, 0) is 10.0 Å². The molecule has 0 aromatic heterocycles. The van der Waals surface area contributed by atoms with Crippen molar-refractivity contribution in [3.05, 3.63) is 90.0 Å². The number of nitrogens with zero attached hydrogens (tertiary/aromatic N) is 2. The van der Waals surface area contributed by atoms with E-state index in [1.165, 1.54) is 36.2 Å². The molecule has 9 heteroatoms. The Morgan fingerprint density at radius 3 is 2.16 bits per heavy atom. The molecule has 4 rings (SSSR count). The third-order valence-electron chi connectivity index (χ3n) is 5.08. The highest BCUT2D eigenvalue weighted by Crippen LogP contribution is 2.33. The van der Waals surface area contributed by atoms with Crippen LogP contribution >= 0.6 is 0 Å². The number of nitrogens with one attached hydrogen (secondary N) is 1. The topological polar surface area (TPSA) is 104 Å². The molecule has 162 valence electrons. The molecule has 0 aliphatic carbocycles. The fourth-order valence-corrected chi connectivity index (χ4v) is 4.92. The maximum absolute atomic E-state index is 12.9. The number of benzene rings is 3. The molecule has 32 heavy (non-hydrogen) atoms. The lowest BCUT2D eigenvalue weighted by Crippen LogP contribution is -2.50. The van der Waals surface area contributed by atoms with E-state index >= 15 is 0 Å². The van der Waals surface area contributed by atoms with Gasteiger partial charge in [0, 0.05) is 23.9 Å². The molecule has 1 heterocycles. The summed E-state index contributed by atoms with van der Waals surface area (Å²) in [7, 11) is -2.70. The highest BCUT2D eigenvalue weighted by Gasteiger charge is 2.40. The molecule has 3 aromatic rings. The van der Waals surface area contributed by atoms with E-state index in [1.54, 1.807) is 54.6 Å². The molecule has 0 fully saturated rings. The summed E-state index contributed by atoms with van der Waals surface area (Å²) in [6.45, 7) is -0.629. The van der Waals surface area contributed by atoms with Crippen molar-refractivity contribution in [3.63, 3.8) is 0 Å². The molecule has 1 N–H and O–H groups in total. The van der Waals surface area contributed by atoms with Gasteiger partial charge in [0.05, 0.1) is 5.69 Å². The summed E-state index contributed by atoms with van der Waals surface area (Å²) in [5, 5.41) is 2.73. The van der Waals surface area contributed by atoms with Crippen LogP contribution in [0.25, 0.3) is 0 Å². The van der Waals surface area contributed by atoms with Gasteiger partial charge in [-0.3, -0.25) is 14.5 Å². The number of carbonyl (C=O) groups is 3. The van der Waals surface area contributed by atoms with Crippen molar-refractivity contribution >= 4 is 39.1 Å². The van der Waals surface area contributed by atoms with Gasteiger partial charge in [-0.1, -0.05) is 30.3 Å². The number of carbonyl (C=O) groups excluding carboxylic acids is 3. The Balaban J connectivity index is 1.51. The van der Waals surface area contributed by atoms with Gasteiger partial charge in [-0.15, -0.1) is 0 Å². The molecule has 0 radical (unpaired) electrons. The third-order valence-corrected chi connectivity index (χ3v) is 6.85. The number of para-hydroxylation sites is 1. The molecular weight excluding hydrogens is 430 g/mol. The van der Waals surface area contributed by atoms with Gasteiger partial charge in [-0.25, -0.2) is 17.5 Å². The van der Waals surface area contributed by atoms with Crippen LogP contribution in [-0.4, -0.2) is 44.0 Å². The number of fused-ring (bicyclic) bond motifs is 1. The van der Waals surface area contributed by atoms with E-state index in [9.17, 15) is 22.8 Å². The zero-order valence-corrected chi connectivity index (χ0v) is 17.9. The Hall–Kier alpha value is -3.98. The molecule has 0 saturated heterocycles. The van der Waals surface area contributed by atoms with Crippen molar-refractivity contribution in [2.75, 3.05) is 23.8 Å². The van der Waals surface area contributed by atoms with Gasteiger partial charge < -0.3 is 5.32 Å². The molecular formula is C23H19N3O5S. The molecule has 1 aliphatic rings. The van der Waals surface area contributed by atoms with Gasteiger partial charge in [0.1, 0.15) is 11.4 Å². The Labute approximate surface area is 185 Å². The molecule has 1 aliphatic heterocycles. The second kappa shape index (κ2) is 8.27. The highest BCUT2D eigenvalue weighted by molar-refractivity contribution is 7.90. The molecule has 0 atom stereocenters. The van der Waals surface area contributed by atoms with Crippen LogP contribution in [0.15, 0.2) is 83.8 Å². The van der Waals surface area contributed by atoms with Crippen molar-refractivity contribution in [2.24, 2.45) is 0 Å². The van der Waals surface area contributed by atoms with Crippen molar-refractivity contribution < 1.29 is 22.8 Å². The van der Waals surface area contributed by atoms with E-state index in [1.807, 2.05) is 0 Å². The number of anilines is 2.